The number of hydrogen-bond donors (Lipinski definition) is 0. The second-order valence-electron chi connectivity index (χ2n) is 9.75. The second-order valence-corrected chi connectivity index (χ2v) is 9.75. The van der Waals surface area contributed by atoms with Crippen molar-refractivity contribution in [3.63, 3.8) is 0 Å². The first-order valence-corrected chi connectivity index (χ1v) is 13.1. The van der Waals surface area contributed by atoms with E-state index in [1.165, 1.54) is 23.2 Å². The summed E-state index contributed by atoms with van der Waals surface area (Å²) in [5, 5.41) is 6.35. The molecule has 0 aromatic heterocycles. The van der Waals surface area contributed by atoms with E-state index in [1.807, 2.05) is 30.3 Å². The van der Waals surface area contributed by atoms with E-state index in [-0.39, 0.29) is 31.0 Å². The molecule has 9 nitrogen and oxygen atoms in total. The Morgan fingerprint density at radius 1 is 1.08 bits per heavy atom. The quantitative estimate of drug-likeness (QED) is 0.477. The molecular weight excluding hydrogens is 484 g/mol. The Balaban J connectivity index is 1.60. The summed E-state index contributed by atoms with van der Waals surface area (Å²) in [6.07, 6.45) is 0.550. The molecule has 9 heteroatoms. The first kappa shape index (κ1) is 27.8. The largest absolute Gasteiger partial charge is 0.496 e. The summed E-state index contributed by atoms with van der Waals surface area (Å²) in [4.78, 5) is 30.5. The number of carbonyl (C=O) groups excluding carboxylic acids is 2. The van der Waals surface area contributed by atoms with Gasteiger partial charge in [0.15, 0.2) is 0 Å². The topological polar surface area (TPSA) is 83.9 Å². The van der Waals surface area contributed by atoms with Crippen LogP contribution in [0.15, 0.2) is 47.6 Å². The third-order valence-electron chi connectivity index (χ3n) is 7.24. The van der Waals surface area contributed by atoms with E-state index in [1.54, 1.807) is 12.0 Å². The van der Waals surface area contributed by atoms with E-state index in [2.05, 4.69) is 30.9 Å². The van der Waals surface area contributed by atoms with Gasteiger partial charge in [-0.2, -0.15) is 5.10 Å². The fraction of sp³-hybridized carbons (Fsp3) is 0.483. The molecule has 2 amide bonds. The lowest BCUT2D eigenvalue weighted by atomic mass is 9.96. The van der Waals surface area contributed by atoms with Gasteiger partial charge in [0.1, 0.15) is 18.9 Å². The van der Waals surface area contributed by atoms with Gasteiger partial charge in [-0.15, -0.1) is 0 Å². The second kappa shape index (κ2) is 13.0. The van der Waals surface area contributed by atoms with Crippen LogP contribution in [0.3, 0.4) is 0 Å². The average molecular weight is 523 g/mol. The highest BCUT2D eigenvalue weighted by molar-refractivity contribution is 6.03. The number of benzene rings is 2. The smallest absolute Gasteiger partial charge is 0.262 e. The highest BCUT2D eigenvalue weighted by Gasteiger charge is 2.36. The Hall–Kier alpha value is -3.27. The number of hydrazone groups is 1. The summed E-state index contributed by atoms with van der Waals surface area (Å²) in [7, 11) is 3.11. The number of methoxy groups -OCH3 is 2. The van der Waals surface area contributed by atoms with Gasteiger partial charge in [-0.1, -0.05) is 30.3 Å². The van der Waals surface area contributed by atoms with Gasteiger partial charge in [-0.3, -0.25) is 14.5 Å². The third-order valence-corrected chi connectivity index (χ3v) is 7.24. The standard InChI is InChI=1S/C29H38N4O5/c1-21-9-10-23(17-22(21)2)25-18-26(24-7-5-6-8-27(24)37-4)33(30-25)28(34)19-32(29(35)20-36-3)12-11-31-13-15-38-16-14-31/h5-10,17,26H,11-16,18-20H2,1-4H3/t26-/m1/s1. The predicted octanol–water partition coefficient (Wildman–Crippen LogP) is 2.80. The van der Waals surface area contributed by atoms with Crippen LogP contribution in [0, 0.1) is 13.8 Å². The minimum absolute atomic E-state index is 0.0799. The first-order valence-electron chi connectivity index (χ1n) is 13.1. The molecule has 38 heavy (non-hydrogen) atoms. The fourth-order valence-electron chi connectivity index (χ4n) is 4.85. The highest BCUT2D eigenvalue weighted by Crippen LogP contribution is 2.37. The van der Waals surface area contributed by atoms with Crippen molar-refractivity contribution in [1.82, 2.24) is 14.8 Å². The molecular formula is C29H38N4O5. The molecule has 1 saturated heterocycles. The number of nitrogens with zero attached hydrogens (tertiary/aromatic N) is 4. The van der Waals surface area contributed by atoms with Crippen LogP contribution in [0.1, 0.15) is 34.7 Å². The van der Waals surface area contributed by atoms with Gasteiger partial charge in [-0.25, -0.2) is 5.01 Å². The number of carbonyl (C=O) groups is 2. The minimum Gasteiger partial charge on any atom is -0.496 e. The van der Waals surface area contributed by atoms with Gasteiger partial charge in [0, 0.05) is 45.3 Å². The van der Waals surface area contributed by atoms with Crippen LogP contribution in [0.5, 0.6) is 5.75 Å². The van der Waals surface area contributed by atoms with E-state index in [0.29, 0.717) is 38.5 Å². The van der Waals surface area contributed by atoms with E-state index >= 15 is 0 Å². The molecule has 204 valence electrons. The van der Waals surface area contributed by atoms with Gasteiger partial charge in [0.05, 0.1) is 32.1 Å². The SMILES string of the molecule is COCC(=O)N(CCN1CCOCC1)CC(=O)N1N=C(c2ccc(C)c(C)c2)C[C@@H]1c1ccccc1OC. The molecule has 0 saturated carbocycles. The van der Waals surface area contributed by atoms with Crippen molar-refractivity contribution in [3.05, 3.63) is 64.7 Å². The maximum absolute atomic E-state index is 13.8. The van der Waals surface area contributed by atoms with Gasteiger partial charge in [-0.05, 0) is 42.7 Å². The van der Waals surface area contributed by atoms with E-state index in [9.17, 15) is 9.59 Å². The molecule has 4 rings (SSSR count). The zero-order valence-electron chi connectivity index (χ0n) is 22.8. The Bertz CT molecular complexity index is 1160. The summed E-state index contributed by atoms with van der Waals surface area (Å²) in [5.74, 6) is 0.234. The molecule has 2 heterocycles. The molecule has 2 aromatic carbocycles. The van der Waals surface area contributed by atoms with Crippen LogP contribution in [-0.2, 0) is 19.1 Å². The molecule has 0 spiro atoms. The van der Waals surface area contributed by atoms with Crippen LogP contribution in [0.4, 0.5) is 0 Å². The van der Waals surface area contributed by atoms with Crippen molar-refractivity contribution < 1.29 is 23.8 Å². The lowest BCUT2D eigenvalue weighted by Crippen LogP contribution is -2.47. The van der Waals surface area contributed by atoms with E-state index < -0.39 is 0 Å². The summed E-state index contributed by atoms with van der Waals surface area (Å²) < 4.78 is 16.2. The van der Waals surface area contributed by atoms with Crippen molar-refractivity contribution in [2.75, 3.05) is 66.8 Å². The highest BCUT2D eigenvalue weighted by atomic mass is 16.5. The molecule has 1 atom stereocenters. The molecule has 0 N–H and O–H groups in total. The Morgan fingerprint density at radius 2 is 1.84 bits per heavy atom. The van der Waals surface area contributed by atoms with Gasteiger partial charge >= 0.3 is 0 Å². The minimum atomic E-state index is -0.339. The molecule has 0 radical (unpaired) electrons. The van der Waals surface area contributed by atoms with Crippen molar-refractivity contribution in [1.29, 1.82) is 0 Å². The van der Waals surface area contributed by atoms with Crippen molar-refractivity contribution in [2.24, 2.45) is 5.10 Å². The Morgan fingerprint density at radius 3 is 2.55 bits per heavy atom. The Labute approximate surface area is 224 Å². The molecule has 0 bridgehead atoms. The van der Waals surface area contributed by atoms with Crippen molar-refractivity contribution in [2.45, 2.75) is 26.3 Å². The van der Waals surface area contributed by atoms with Crippen LogP contribution < -0.4 is 4.74 Å². The number of aryl methyl sites for hydroxylation is 2. The van der Waals surface area contributed by atoms with Crippen LogP contribution in [0.25, 0.3) is 0 Å². The fourth-order valence-corrected chi connectivity index (χ4v) is 4.85. The van der Waals surface area contributed by atoms with E-state index in [0.717, 1.165) is 29.9 Å². The van der Waals surface area contributed by atoms with Crippen LogP contribution in [0.2, 0.25) is 0 Å². The number of hydrogen-bond acceptors (Lipinski definition) is 7. The summed E-state index contributed by atoms with van der Waals surface area (Å²) in [5.41, 5.74) is 5.08. The molecule has 2 aliphatic rings. The van der Waals surface area contributed by atoms with Crippen LogP contribution in [-0.4, -0.2) is 99.1 Å². The lowest BCUT2D eigenvalue weighted by molar-refractivity contribution is -0.143. The van der Waals surface area contributed by atoms with Gasteiger partial charge in [0.25, 0.3) is 5.91 Å². The maximum atomic E-state index is 13.8. The number of ether oxygens (including phenoxy) is 3. The number of rotatable bonds is 10. The molecule has 0 unspecified atom stereocenters. The van der Waals surface area contributed by atoms with Gasteiger partial charge < -0.3 is 19.1 Å². The van der Waals surface area contributed by atoms with Crippen molar-refractivity contribution >= 4 is 17.5 Å². The lowest BCUT2D eigenvalue weighted by Gasteiger charge is -2.31. The molecule has 1 fully saturated rings. The zero-order valence-corrected chi connectivity index (χ0v) is 22.8. The van der Waals surface area contributed by atoms with Crippen molar-refractivity contribution in [3.8, 4) is 5.75 Å². The number of amides is 2. The number of morpholine rings is 1. The average Bonchev–Trinajstić information content (AvgIpc) is 3.38. The van der Waals surface area contributed by atoms with Crippen LogP contribution >= 0.6 is 0 Å². The predicted molar refractivity (Wildman–Crippen MR) is 145 cm³/mol. The molecule has 0 aliphatic carbocycles. The Kier molecular flexibility index (Phi) is 9.49. The first-order chi connectivity index (χ1) is 18.4. The molecule has 2 aliphatic heterocycles. The monoisotopic (exact) mass is 522 g/mol. The zero-order chi connectivity index (χ0) is 27.1. The molecule has 2 aromatic rings. The summed E-state index contributed by atoms with van der Waals surface area (Å²) in [6, 6.07) is 13.6. The maximum Gasteiger partial charge on any atom is 0.262 e. The summed E-state index contributed by atoms with van der Waals surface area (Å²) in [6.45, 7) is 8.05. The third kappa shape index (κ3) is 6.59. The van der Waals surface area contributed by atoms with Gasteiger partial charge in [0.2, 0.25) is 5.91 Å². The normalized spacial score (nSPS) is 17.8. The summed E-state index contributed by atoms with van der Waals surface area (Å²) >= 11 is 0. The van der Waals surface area contributed by atoms with E-state index in [4.69, 9.17) is 19.3 Å². The number of para-hydroxylation sites is 1.